The van der Waals surface area contributed by atoms with Crippen LogP contribution in [0.4, 0.5) is 5.82 Å². The highest BCUT2D eigenvalue weighted by Crippen LogP contribution is 2.23. The Morgan fingerprint density at radius 1 is 1.44 bits per heavy atom. The number of aromatic amines is 1. The predicted molar refractivity (Wildman–Crippen MR) is 63.3 cm³/mol. The molecule has 1 aromatic rings. The molecule has 1 aliphatic rings. The Bertz CT molecular complexity index is 382. The molecule has 0 spiro atoms. The van der Waals surface area contributed by atoms with Crippen molar-refractivity contribution in [2.24, 2.45) is 11.7 Å². The third-order valence-corrected chi connectivity index (χ3v) is 3.14. The Labute approximate surface area is 94.5 Å². The van der Waals surface area contributed by atoms with E-state index >= 15 is 0 Å². The van der Waals surface area contributed by atoms with Gasteiger partial charge in [-0.15, -0.1) is 0 Å². The van der Waals surface area contributed by atoms with E-state index < -0.39 is 0 Å². The Hall–Kier alpha value is -1.36. The maximum absolute atomic E-state index is 11.0. The van der Waals surface area contributed by atoms with Gasteiger partial charge in [0.2, 0.25) is 0 Å². The van der Waals surface area contributed by atoms with Gasteiger partial charge < -0.3 is 16.0 Å². The number of nitrogens with zero attached hydrogens (tertiary/aromatic N) is 1. The first-order chi connectivity index (χ1) is 7.74. The van der Waals surface area contributed by atoms with Crippen LogP contribution in [0.25, 0.3) is 0 Å². The zero-order valence-corrected chi connectivity index (χ0v) is 9.28. The number of rotatable bonds is 3. The van der Waals surface area contributed by atoms with E-state index in [-0.39, 0.29) is 5.56 Å². The number of aromatic nitrogens is 2. The lowest BCUT2D eigenvalue weighted by molar-refractivity contribution is 0.338. The maximum Gasteiger partial charge on any atom is 0.252 e. The van der Waals surface area contributed by atoms with Crippen LogP contribution in [0, 0.1) is 5.92 Å². The summed E-state index contributed by atoms with van der Waals surface area (Å²) in [6.07, 6.45) is 5.96. The largest absolute Gasteiger partial charge is 0.370 e. The van der Waals surface area contributed by atoms with Crippen LogP contribution in [0.1, 0.15) is 25.7 Å². The van der Waals surface area contributed by atoms with Crippen molar-refractivity contribution in [2.45, 2.75) is 31.7 Å². The van der Waals surface area contributed by atoms with Crippen LogP contribution in [0.2, 0.25) is 0 Å². The zero-order valence-electron chi connectivity index (χ0n) is 9.28. The van der Waals surface area contributed by atoms with Gasteiger partial charge in [-0.05, 0) is 31.6 Å². The lowest BCUT2D eigenvalue weighted by atomic mass is 9.86. The first kappa shape index (κ1) is 11.1. The fraction of sp³-hybridized carbons (Fsp3) is 0.636. The summed E-state index contributed by atoms with van der Waals surface area (Å²) in [5.41, 5.74) is 5.72. The topological polar surface area (TPSA) is 83.8 Å². The molecule has 5 heteroatoms. The smallest absolute Gasteiger partial charge is 0.252 e. The number of anilines is 1. The predicted octanol–water partition coefficient (Wildman–Crippen LogP) is 0.699. The van der Waals surface area contributed by atoms with E-state index in [0.717, 1.165) is 32.2 Å². The van der Waals surface area contributed by atoms with Gasteiger partial charge in [-0.3, -0.25) is 4.79 Å². The molecule has 88 valence electrons. The van der Waals surface area contributed by atoms with Crippen molar-refractivity contribution >= 4 is 5.82 Å². The minimum absolute atomic E-state index is 0.122. The molecular weight excluding hydrogens is 204 g/mol. The average Bonchev–Trinajstić information content (AvgIpc) is 2.28. The van der Waals surface area contributed by atoms with E-state index in [1.54, 1.807) is 0 Å². The van der Waals surface area contributed by atoms with Crippen molar-refractivity contribution in [3.63, 3.8) is 0 Å². The summed E-state index contributed by atoms with van der Waals surface area (Å²) in [5, 5.41) is 3.20. The Morgan fingerprint density at radius 3 is 2.88 bits per heavy atom. The van der Waals surface area contributed by atoms with Gasteiger partial charge in [-0.1, -0.05) is 0 Å². The highest BCUT2D eigenvalue weighted by Gasteiger charge is 2.18. The van der Waals surface area contributed by atoms with Crippen LogP contribution in [-0.2, 0) is 0 Å². The quantitative estimate of drug-likeness (QED) is 0.703. The molecular formula is C11H18N4O. The number of nitrogens with one attached hydrogen (secondary N) is 2. The summed E-state index contributed by atoms with van der Waals surface area (Å²) in [5.74, 6) is 1.31. The van der Waals surface area contributed by atoms with E-state index in [1.807, 2.05) is 0 Å². The van der Waals surface area contributed by atoms with Crippen molar-refractivity contribution in [3.8, 4) is 0 Å². The first-order valence-electron chi connectivity index (χ1n) is 5.78. The summed E-state index contributed by atoms with van der Waals surface area (Å²) in [4.78, 5) is 17.6. The van der Waals surface area contributed by atoms with E-state index in [1.165, 1.54) is 12.4 Å². The molecule has 2 rings (SSSR count). The molecule has 1 aromatic heterocycles. The van der Waals surface area contributed by atoms with Crippen molar-refractivity contribution < 1.29 is 0 Å². The molecule has 0 radical (unpaired) electrons. The van der Waals surface area contributed by atoms with Gasteiger partial charge in [0.25, 0.3) is 5.56 Å². The SMILES string of the molecule is NC1CCC(CNc2cc(=O)[nH]cn2)CC1. The summed E-state index contributed by atoms with van der Waals surface area (Å²) >= 11 is 0. The van der Waals surface area contributed by atoms with Crippen molar-refractivity contribution in [3.05, 3.63) is 22.7 Å². The highest BCUT2D eigenvalue weighted by atomic mass is 16.1. The molecule has 0 bridgehead atoms. The van der Waals surface area contributed by atoms with Gasteiger partial charge in [0.15, 0.2) is 0 Å². The summed E-state index contributed by atoms with van der Waals surface area (Å²) < 4.78 is 0. The number of hydrogen-bond acceptors (Lipinski definition) is 4. The molecule has 0 atom stereocenters. The molecule has 0 aliphatic heterocycles. The van der Waals surface area contributed by atoms with Gasteiger partial charge in [-0.2, -0.15) is 0 Å². The Morgan fingerprint density at radius 2 is 2.19 bits per heavy atom. The second kappa shape index (κ2) is 5.12. The molecule has 0 amide bonds. The van der Waals surface area contributed by atoms with Crippen molar-refractivity contribution in [2.75, 3.05) is 11.9 Å². The van der Waals surface area contributed by atoms with Crippen molar-refractivity contribution in [1.29, 1.82) is 0 Å². The average molecular weight is 222 g/mol. The molecule has 1 aliphatic carbocycles. The maximum atomic E-state index is 11.0. The van der Waals surface area contributed by atoms with Gasteiger partial charge in [0.1, 0.15) is 5.82 Å². The second-order valence-corrected chi connectivity index (χ2v) is 4.46. The standard InChI is InChI=1S/C11H18N4O/c12-9-3-1-8(2-4-9)6-13-10-5-11(16)15-7-14-10/h5,7-9H,1-4,6,12H2,(H2,13,14,15,16). The Balaban J connectivity index is 1.81. The molecule has 4 N–H and O–H groups in total. The highest BCUT2D eigenvalue weighted by molar-refractivity contribution is 5.31. The minimum atomic E-state index is -0.122. The van der Waals surface area contributed by atoms with Crippen LogP contribution in [0.15, 0.2) is 17.2 Å². The van der Waals surface area contributed by atoms with Crippen LogP contribution in [-0.4, -0.2) is 22.6 Å². The minimum Gasteiger partial charge on any atom is -0.370 e. The summed E-state index contributed by atoms with van der Waals surface area (Å²) in [7, 11) is 0. The van der Waals surface area contributed by atoms with Crippen LogP contribution < -0.4 is 16.6 Å². The molecule has 5 nitrogen and oxygen atoms in total. The fourth-order valence-corrected chi connectivity index (χ4v) is 2.11. The van der Waals surface area contributed by atoms with Gasteiger partial charge in [0.05, 0.1) is 6.33 Å². The third kappa shape index (κ3) is 3.06. The monoisotopic (exact) mass is 222 g/mol. The van der Waals surface area contributed by atoms with Crippen LogP contribution in [0.5, 0.6) is 0 Å². The van der Waals surface area contributed by atoms with Gasteiger partial charge in [0, 0.05) is 18.7 Å². The van der Waals surface area contributed by atoms with E-state index in [4.69, 9.17) is 5.73 Å². The van der Waals surface area contributed by atoms with Crippen LogP contribution in [0.3, 0.4) is 0 Å². The summed E-state index contributed by atoms with van der Waals surface area (Å²) in [6.45, 7) is 0.878. The third-order valence-electron chi connectivity index (χ3n) is 3.14. The normalized spacial score (nSPS) is 25.3. The van der Waals surface area contributed by atoms with Crippen molar-refractivity contribution in [1.82, 2.24) is 9.97 Å². The number of H-pyrrole nitrogens is 1. The number of nitrogens with two attached hydrogens (primary N) is 1. The Kier molecular flexibility index (Phi) is 3.56. The van der Waals surface area contributed by atoms with E-state index in [0.29, 0.717) is 17.8 Å². The molecule has 0 unspecified atom stereocenters. The lowest BCUT2D eigenvalue weighted by Gasteiger charge is -2.26. The number of hydrogen-bond donors (Lipinski definition) is 3. The van der Waals surface area contributed by atoms with E-state index in [2.05, 4.69) is 15.3 Å². The first-order valence-corrected chi connectivity index (χ1v) is 5.78. The summed E-state index contributed by atoms with van der Waals surface area (Å²) in [6, 6.07) is 1.86. The van der Waals surface area contributed by atoms with Crippen LogP contribution >= 0.6 is 0 Å². The van der Waals surface area contributed by atoms with Gasteiger partial charge >= 0.3 is 0 Å². The molecule has 1 fully saturated rings. The van der Waals surface area contributed by atoms with E-state index in [9.17, 15) is 4.79 Å². The molecule has 0 aromatic carbocycles. The lowest BCUT2D eigenvalue weighted by Crippen LogP contribution is -2.29. The molecule has 16 heavy (non-hydrogen) atoms. The fourth-order valence-electron chi connectivity index (χ4n) is 2.11. The molecule has 0 saturated heterocycles. The van der Waals surface area contributed by atoms with Gasteiger partial charge in [-0.25, -0.2) is 4.98 Å². The second-order valence-electron chi connectivity index (χ2n) is 4.46. The molecule has 1 saturated carbocycles. The molecule has 1 heterocycles. The zero-order chi connectivity index (χ0) is 11.4.